The van der Waals surface area contributed by atoms with Crippen molar-refractivity contribution in [2.75, 3.05) is 0 Å². The topological polar surface area (TPSA) is 118 Å². The van der Waals surface area contributed by atoms with Crippen LogP contribution in [0.4, 0.5) is 0 Å². The maximum absolute atomic E-state index is 9.59. The predicted molar refractivity (Wildman–Crippen MR) is 43.7 cm³/mol. The van der Waals surface area contributed by atoms with Gasteiger partial charge in [0.1, 0.15) is 0 Å². The lowest BCUT2D eigenvalue weighted by Crippen LogP contribution is -2.05. The third kappa shape index (κ3) is 23.6. The summed E-state index contributed by atoms with van der Waals surface area (Å²) in [5, 5.41) is 4.20. The maximum Gasteiger partial charge on any atom is 0.297 e. The first-order valence-electron chi connectivity index (χ1n) is 2.44. The van der Waals surface area contributed by atoms with E-state index < -0.39 is 10.2 Å². The average molecular weight is 192 g/mol. The molecule has 8 heteroatoms. The van der Waals surface area contributed by atoms with E-state index in [9.17, 15) is 8.42 Å². The van der Waals surface area contributed by atoms with Gasteiger partial charge in [-0.3, -0.25) is 0 Å². The molecule has 0 saturated heterocycles. The summed E-state index contributed by atoms with van der Waals surface area (Å²) < 4.78 is 25.7. The summed E-state index contributed by atoms with van der Waals surface area (Å²) in [6.07, 6.45) is 2.62. The summed E-state index contributed by atoms with van der Waals surface area (Å²) in [6, 6.07) is 0. The van der Waals surface area contributed by atoms with Crippen LogP contribution in [0.2, 0.25) is 0 Å². The molecule has 0 heterocycles. The van der Waals surface area contributed by atoms with E-state index in [1.807, 2.05) is 4.91 Å². The molecule has 0 spiro atoms. The van der Waals surface area contributed by atoms with Crippen molar-refractivity contribution in [2.45, 2.75) is 0 Å². The molecule has 68 valence electrons. The van der Waals surface area contributed by atoms with Gasteiger partial charge in [-0.05, 0) is 5.53 Å². The van der Waals surface area contributed by atoms with Crippen LogP contribution in [-0.4, -0.2) is 8.42 Å². The van der Waals surface area contributed by atoms with E-state index >= 15 is 0 Å². The number of rotatable bonds is 3. The minimum atomic E-state index is -3.97. The number of ether oxygens (including phenoxy) is 1. The van der Waals surface area contributed by atoms with Gasteiger partial charge in [0.15, 0.2) is 0 Å². The SMILES string of the molecule is C=COC=C.[N-]=[N+]=NS(N)(=O)=O. The monoisotopic (exact) mass is 192 g/mol. The highest BCUT2D eigenvalue weighted by Crippen LogP contribution is 1.75. The maximum atomic E-state index is 9.59. The fraction of sp³-hybridized carbons (Fsp3) is 0. The summed E-state index contributed by atoms with van der Waals surface area (Å²) in [5.41, 5.74) is 7.40. The highest BCUT2D eigenvalue weighted by atomic mass is 32.2. The van der Waals surface area contributed by atoms with Gasteiger partial charge in [-0.25, -0.2) is 13.6 Å². The van der Waals surface area contributed by atoms with Crippen molar-refractivity contribution in [1.29, 1.82) is 0 Å². The first kappa shape index (κ1) is 13.1. The Hall–Kier alpha value is -1.50. The summed E-state index contributed by atoms with van der Waals surface area (Å²) in [6.45, 7) is 6.51. The lowest BCUT2D eigenvalue weighted by atomic mass is 11.1. The van der Waals surface area contributed by atoms with Crippen LogP contribution in [0, 0.1) is 0 Å². The molecule has 2 N–H and O–H groups in total. The molecule has 0 bridgehead atoms. The van der Waals surface area contributed by atoms with Crippen molar-refractivity contribution < 1.29 is 13.2 Å². The van der Waals surface area contributed by atoms with Crippen LogP contribution >= 0.6 is 0 Å². The smallest absolute Gasteiger partial charge is 0.297 e. The Bertz CT molecular complexity index is 271. The molecule has 0 unspecified atom stereocenters. The van der Waals surface area contributed by atoms with Gasteiger partial charge in [0, 0.05) is 9.43 Å². The lowest BCUT2D eigenvalue weighted by molar-refractivity contribution is 0.406. The third-order valence-electron chi connectivity index (χ3n) is 0.343. The van der Waals surface area contributed by atoms with Crippen LogP contribution in [0.25, 0.3) is 10.4 Å². The van der Waals surface area contributed by atoms with Crippen LogP contribution < -0.4 is 5.14 Å². The Morgan fingerprint density at radius 1 is 1.50 bits per heavy atom. The molecule has 0 aliphatic carbocycles. The molecule has 0 aromatic heterocycles. The van der Waals surface area contributed by atoms with Gasteiger partial charge >= 0.3 is 0 Å². The first-order chi connectivity index (χ1) is 5.47. The van der Waals surface area contributed by atoms with Crippen molar-refractivity contribution in [3.63, 3.8) is 0 Å². The summed E-state index contributed by atoms with van der Waals surface area (Å²) in [4.78, 5) is 1.92. The quantitative estimate of drug-likeness (QED) is 0.308. The van der Waals surface area contributed by atoms with Gasteiger partial charge in [-0.2, -0.15) is 0 Å². The van der Waals surface area contributed by atoms with Crippen molar-refractivity contribution in [3.05, 3.63) is 36.1 Å². The number of hydrogen-bond acceptors (Lipinski definition) is 3. The van der Waals surface area contributed by atoms with Crippen LogP contribution in [0.15, 0.2) is 30.2 Å². The minimum absolute atomic E-state index is 1.31. The van der Waals surface area contributed by atoms with E-state index in [1.54, 1.807) is 0 Å². The molecule has 0 aromatic carbocycles. The minimum Gasteiger partial charge on any atom is -0.474 e. The molecule has 0 radical (unpaired) electrons. The van der Waals surface area contributed by atoms with E-state index in [1.165, 1.54) is 12.5 Å². The largest absolute Gasteiger partial charge is 0.474 e. The molecule has 0 atom stereocenters. The second-order valence-electron chi connectivity index (χ2n) is 1.16. The number of nitrogens with two attached hydrogens (primary N) is 1. The molecule has 0 aliphatic heterocycles. The van der Waals surface area contributed by atoms with E-state index in [4.69, 9.17) is 5.53 Å². The molecular formula is C4H8N4O3S. The van der Waals surface area contributed by atoms with Crippen LogP contribution in [0.1, 0.15) is 0 Å². The number of nitrogens with zero attached hydrogens (tertiary/aromatic N) is 3. The Balaban J connectivity index is 0. The van der Waals surface area contributed by atoms with Crippen LogP contribution in [-0.2, 0) is 14.9 Å². The molecular weight excluding hydrogens is 184 g/mol. The van der Waals surface area contributed by atoms with Crippen LogP contribution in [0.5, 0.6) is 0 Å². The predicted octanol–water partition coefficient (Wildman–Crippen LogP) is 0.790. The third-order valence-corrected chi connectivity index (χ3v) is 0.643. The van der Waals surface area contributed by atoms with Gasteiger partial charge in [0.2, 0.25) is 0 Å². The first-order valence-corrected chi connectivity index (χ1v) is 3.94. The summed E-state index contributed by atoms with van der Waals surface area (Å²) >= 11 is 0. The van der Waals surface area contributed by atoms with E-state index in [-0.39, 0.29) is 0 Å². The van der Waals surface area contributed by atoms with E-state index in [0.29, 0.717) is 0 Å². The molecule has 12 heavy (non-hydrogen) atoms. The molecule has 0 saturated carbocycles. The molecule has 0 rings (SSSR count). The van der Waals surface area contributed by atoms with E-state index in [0.717, 1.165) is 0 Å². The van der Waals surface area contributed by atoms with Crippen LogP contribution in [0.3, 0.4) is 0 Å². The summed E-state index contributed by atoms with van der Waals surface area (Å²) in [7, 11) is -3.97. The Kier molecular flexibility index (Phi) is 8.31. The molecule has 0 aromatic rings. The Morgan fingerprint density at radius 2 is 1.92 bits per heavy atom. The van der Waals surface area contributed by atoms with Crippen molar-refractivity contribution in [3.8, 4) is 0 Å². The zero-order valence-corrected chi connectivity index (χ0v) is 6.94. The van der Waals surface area contributed by atoms with E-state index in [2.05, 4.69) is 27.6 Å². The zero-order valence-electron chi connectivity index (χ0n) is 6.12. The highest BCUT2D eigenvalue weighted by Gasteiger charge is 1.90. The van der Waals surface area contributed by atoms with Gasteiger partial charge in [0.25, 0.3) is 10.2 Å². The van der Waals surface area contributed by atoms with Gasteiger partial charge in [-0.1, -0.05) is 13.2 Å². The van der Waals surface area contributed by atoms with Crippen molar-refractivity contribution in [2.24, 2.45) is 9.66 Å². The molecule has 0 amide bonds. The fourth-order valence-corrected chi connectivity index (χ4v) is 0.221. The van der Waals surface area contributed by atoms with Gasteiger partial charge < -0.3 is 4.74 Å². The average Bonchev–Trinajstić information content (AvgIpc) is 1.87. The Morgan fingerprint density at radius 3 is 1.92 bits per heavy atom. The standard InChI is InChI=1S/C4H6O.H2N4O2S/c1-3-5-4-2;1-3-4-7(2,5)6/h3-4H,1-2H2;(H2,2,5,6). The number of hydrogen-bond donors (Lipinski definition) is 1. The lowest BCUT2D eigenvalue weighted by Gasteiger charge is -1.76. The van der Waals surface area contributed by atoms with Crippen molar-refractivity contribution in [1.82, 2.24) is 0 Å². The van der Waals surface area contributed by atoms with Gasteiger partial charge in [-0.15, -0.1) is 0 Å². The molecule has 0 aliphatic rings. The highest BCUT2D eigenvalue weighted by molar-refractivity contribution is 7.87. The normalized spacial score (nSPS) is 8.08. The zero-order chi connectivity index (χ0) is 10.0. The summed E-state index contributed by atoms with van der Waals surface area (Å²) in [5.74, 6) is 0. The van der Waals surface area contributed by atoms with Gasteiger partial charge in [0.05, 0.1) is 12.5 Å². The number of azide groups is 1. The Labute approximate surface area is 69.9 Å². The fourth-order valence-electron chi connectivity index (χ4n) is 0.119. The second kappa shape index (κ2) is 7.61. The molecule has 7 nitrogen and oxygen atoms in total. The second-order valence-corrected chi connectivity index (χ2v) is 2.35. The van der Waals surface area contributed by atoms with Crippen molar-refractivity contribution >= 4 is 10.2 Å². The molecule has 0 fully saturated rings.